The van der Waals surface area contributed by atoms with Crippen molar-refractivity contribution in [2.75, 3.05) is 0 Å². The second-order valence-corrected chi connectivity index (χ2v) is 11.5. The molecular weight excluding hydrogens is 414 g/mol. The largest absolute Gasteiger partial charge is 0.332 e. The van der Waals surface area contributed by atoms with Crippen LogP contribution in [0.4, 0.5) is 3.89 Å². The Hall–Kier alpha value is -2.94. The van der Waals surface area contributed by atoms with Gasteiger partial charge in [0.15, 0.2) is 0 Å². The Kier molecular flexibility index (Phi) is 5.72. The van der Waals surface area contributed by atoms with Crippen LogP contribution in [0.25, 0.3) is 0 Å². The zero-order valence-corrected chi connectivity index (χ0v) is 17.8. The van der Waals surface area contributed by atoms with Crippen LogP contribution in [0.3, 0.4) is 0 Å². The highest BCUT2D eigenvalue weighted by Crippen LogP contribution is 2.44. The molecule has 4 rings (SSSR count). The van der Waals surface area contributed by atoms with Gasteiger partial charge in [-0.05, 0) is 46.3 Å². The minimum Gasteiger partial charge on any atom is -0.189 e. The van der Waals surface area contributed by atoms with Crippen molar-refractivity contribution >= 4 is 38.8 Å². The predicted octanol–water partition coefficient (Wildman–Crippen LogP) is 4.49. The summed E-state index contributed by atoms with van der Waals surface area (Å²) in [6.07, 6.45) is 0. The van der Waals surface area contributed by atoms with E-state index < -0.39 is 17.1 Å². The van der Waals surface area contributed by atoms with Gasteiger partial charge in [-0.15, -0.1) is 3.89 Å². The minimum absolute atomic E-state index is 0.330. The number of benzene rings is 4. The predicted molar refractivity (Wildman–Crippen MR) is 125 cm³/mol. The summed E-state index contributed by atoms with van der Waals surface area (Å²) in [5.74, 6) is 2.11. The first-order valence-corrected chi connectivity index (χ1v) is 12.7. The molecule has 0 spiro atoms. The molecule has 150 valence electrons. The second-order valence-electron chi connectivity index (χ2n) is 6.87. The van der Waals surface area contributed by atoms with Crippen LogP contribution >= 0.6 is 6.89 Å². The molecule has 0 aliphatic heterocycles. The number of halogens is 1. The quantitative estimate of drug-likeness (QED) is 0.343. The van der Waals surface area contributed by atoms with E-state index in [0.29, 0.717) is 5.56 Å². The third-order valence-corrected chi connectivity index (χ3v) is 9.81. The van der Waals surface area contributed by atoms with Crippen LogP contribution < -0.4 is 15.9 Å². The Morgan fingerprint density at radius 3 is 1.43 bits per heavy atom. The Bertz CT molecular complexity index is 1200. The molecule has 0 atom stereocenters. The summed E-state index contributed by atoms with van der Waals surface area (Å²) in [5.41, 5.74) is 0.665. The molecule has 5 heteroatoms. The van der Waals surface area contributed by atoms with E-state index in [9.17, 15) is 12.3 Å². The van der Waals surface area contributed by atoms with E-state index in [4.69, 9.17) is 0 Å². The van der Waals surface area contributed by atoms with Crippen LogP contribution in [0, 0.1) is 0 Å². The highest BCUT2D eigenvalue weighted by atomic mass is 32.3. The Balaban J connectivity index is 2.12. The summed E-state index contributed by atoms with van der Waals surface area (Å²) in [5, 5.41) is 3.41. The average Bonchev–Trinajstić information content (AvgIpc) is 2.79. The monoisotopic (exact) mass is 434 g/mol. The van der Waals surface area contributed by atoms with Crippen molar-refractivity contribution in [3.63, 3.8) is 0 Å². The zero-order valence-electron chi connectivity index (χ0n) is 16.1. The fraction of sp³-hybridized carbons (Fsp3) is 0. The molecule has 0 N–H and O–H groups in total. The van der Waals surface area contributed by atoms with E-state index in [1.807, 2.05) is 60.7 Å². The molecule has 0 aromatic heterocycles. The number of rotatable bonds is 5. The van der Waals surface area contributed by atoms with Gasteiger partial charge in [-0.1, -0.05) is 103 Å². The molecule has 0 aliphatic rings. The van der Waals surface area contributed by atoms with Gasteiger partial charge in [-0.3, -0.25) is 0 Å². The van der Waals surface area contributed by atoms with Gasteiger partial charge in [0.25, 0.3) is 0 Å². The lowest BCUT2D eigenvalue weighted by atomic mass is 10.2. The van der Waals surface area contributed by atoms with Gasteiger partial charge in [-0.2, -0.15) is 8.42 Å². The van der Waals surface area contributed by atoms with Crippen LogP contribution in [0.15, 0.2) is 120 Å². The van der Waals surface area contributed by atoms with Gasteiger partial charge in [0.2, 0.25) is 0 Å². The molecule has 0 saturated heterocycles. The number of hydrogen-bond donors (Lipinski definition) is 0. The fourth-order valence-electron chi connectivity index (χ4n) is 3.63. The SMILES string of the molecule is O=S(=O)(F)c1cccc(C=P(c2ccccc2)(c2ccccc2)c2ccccc2)c1. The van der Waals surface area contributed by atoms with Gasteiger partial charge in [0, 0.05) is 0 Å². The molecule has 30 heavy (non-hydrogen) atoms. The van der Waals surface area contributed by atoms with Crippen molar-refractivity contribution < 1.29 is 12.3 Å². The van der Waals surface area contributed by atoms with Crippen molar-refractivity contribution in [1.82, 2.24) is 0 Å². The highest BCUT2D eigenvalue weighted by molar-refractivity contribution is 7.94. The van der Waals surface area contributed by atoms with Crippen molar-refractivity contribution in [2.24, 2.45) is 0 Å². The molecule has 0 bridgehead atoms. The Morgan fingerprint density at radius 1 is 0.600 bits per heavy atom. The van der Waals surface area contributed by atoms with Crippen molar-refractivity contribution in [2.45, 2.75) is 4.90 Å². The average molecular weight is 434 g/mol. The maximum atomic E-state index is 13.7. The van der Waals surface area contributed by atoms with E-state index in [1.54, 1.807) is 6.07 Å². The first-order valence-electron chi connectivity index (χ1n) is 9.46. The number of hydrogen-bond acceptors (Lipinski definition) is 2. The summed E-state index contributed by atoms with van der Waals surface area (Å²) < 4.78 is 36.6. The highest BCUT2D eigenvalue weighted by Gasteiger charge is 2.25. The van der Waals surface area contributed by atoms with Crippen molar-refractivity contribution in [1.29, 1.82) is 0 Å². The maximum Gasteiger partial charge on any atom is 0.332 e. The third-order valence-electron chi connectivity index (χ3n) is 4.97. The summed E-state index contributed by atoms with van der Waals surface area (Å²) in [4.78, 5) is -0.330. The van der Waals surface area contributed by atoms with Crippen molar-refractivity contribution in [3.8, 4) is 0 Å². The molecule has 0 fully saturated rings. The van der Waals surface area contributed by atoms with Gasteiger partial charge in [0.05, 0.1) is 4.90 Å². The Labute approximate surface area is 176 Å². The summed E-state index contributed by atoms with van der Waals surface area (Å²) in [7, 11) is -4.78. The van der Waals surface area contributed by atoms with Crippen molar-refractivity contribution in [3.05, 3.63) is 121 Å². The van der Waals surface area contributed by atoms with Crippen LogP contribution in [0.5, 0.6) is 0 Å². The van der Waals surface area contributed by atoms with Crippen LogP contribution in [-0.2, 0) is 10.2 Å². The lowest BCUT2D eigenvalue weighted by molar-refractivity contribution is 0.552. The van der Waals surface area contributed by atoms with E-state index in [1.165, 1.54) is 12.1 Å². The van der Waals surface area contributed by atoms with E-state index in [0.717, 1.165) is 15.9 Å². The second kappa shape index (κ2) is 8.43. The topological polar surface area (TPSA) is 34.1 Å². The Morgan fingerprint density at radius 2 is 1.03 bits per heavy atom. The molecule has 4 aromatic rings. The first kappa shape index (κ1) is 20.3. The molecule has 0 radical (unpaired) electrons. The lowest BCUT2D eigenvalue weighted by Crippen LogP contribution is -2.27. The van der Waals surface area contributed by atoms with Crippen LogP contribution in [0.2, 0.25) is 0 Å². The van der Waals surface area contributed by atoms with E-state index in [2.05, 4.69) is 42.2 Å². The smallest absolute Gasteiger partial charge is 0.189 e. The standard InChI is InChI=1S/C25H20FO2PS/c26-30(27,28)25-18-10-11-21(19-25)20-29(22-12-4-1-5-13-22,23-14-6-2-7-15-23)24-16-8-3-9-17-24/h1-20H. The van der Waals surface area contributed by atoms with Gasteiger partial charge < -0.3 is 0 Å². The fourth-order valence-corrected chi connectivity index (χ4v) is 8.02. The van der Waals surface area contributed by atoms with Gasteiger partial charge in [-0.25, -0.2) is 0 Å². The van der Waals surface area contributed by atoms with Gasteiger partial charge in [0.1, 0.15) is 0 Å². The van der Waals surface area contributed by atoms with Gasteiger partial charge >= 0.3 is 10.2 Å². The zero-order chi connectivity index (χ0) is 21.0. The summed E-state index contributed by atoms with van der Waals surface area (Å²) >= 11 is 0. The molecule has 0 saturated carbocycles. The van der Waals surface area contributed by atoms with E-state index in [-0.39, 0.29) is 4.90 Å². The maximum absolute atomic E-state index is 13.7. The lowest BCUT2D eigenvalue weighted by Gasteiger charge is -2.29. The van der Waals surface area contributed by atoms with Crippen LogP contribution in [-0.4, -0.2) is 14.2 Å². The van der Waals surface area contributed by atoms with E-state index >= 15 is 0 Å². The molecule has 2 nitrogen and oxygen atoms in total. The molecule has 0 heterocycles. The summed E-state index contributed by atoms with van der Waals surface area (Å²) in [6, 6.07) is 36.6. The normalized spacial score (nSPS) is 11.8. The first-order chi connectivity index (χ1) is 14.5. The molecule has 0 aliphatic carbocycles. The molecular formula is C25H20FO2PS. The summed E-state index contributed by atoms with van der Waals surface area (Å²) in [6.45, 7) is -2.29. The minimum atomic E-state index is -4.78. The molecule has 0 unspecified atom stereocenters. The molecule has 4 aromatic carbocycles. The third kappa shape index (κ3) is 4.02. The molecule has 0 amide bonds. The van der Waals surface area contributed by atoms with Crippen LogP contribution in [0.1, 0.15) is 5.56 Å².